The van der Waals surface area contributed by atoms with Gasteiger partial charge in [-0.25, -0.2) is 4.68 Å². The average molecular weight is 315 g/mol. The standard InChI is InChI=1S/C14H17N7O2/c1-11-2-3-12(8-15-11)14(23)20-6-4-19(5-7-20)13(22)9-21-10-16-17-18-21/h2-3,8,10H,4-7,9H2,1H3. The van der Waals surface area contributed by atoms with Crippen LogP contribution in [-0.2, 0) is 11.3 Å². The van der Waals surface area contributed by atoms with E-state index in [1.165, 1.54) is 11.0 Å². The van der Waals surface area contributed by atoms with E-state index >= 15 is 0 Å². The summed E-state index contributed by atoms with van der Waals surface area (Å²) in [6.07, 6.45) is 3.00. The number of rotatable bonds is 3. The van der Waals surface area contributed by atoms with Crippen LogP contribution in [0.5, 0.6) is 0 Å². The van der Waals surface area contributed by atoms with Gasteiger partial charge in [-0.1, -0.05) is 0 Å². The Hall–Kier alpha value is -2.84. The fraction of sp³-hybridized carbons (Fsp3) is 0.429. The van der Waals surface area contributed by atoms with E-state index in [4.69, 9.17) is 0 Å². The first-order chi connectivity index (χ1) is 11.1. The number of carbonyl (C=O) groups excluding carboxylic acids is 2. The number of piperazine rings is 1. The molecule has 0 unspecified atom stereocenters. The van der Waals surface area contributed by atoms with E-state index in [-0.39, 0.29) is 18.4 Å². The zero-order valence-electron chi connectivity index (χ0n) is 12.8. The molecule has 0 aliphatic carbocycles. The first kappa shape index (κ1) is 15.1. The molecule has 1 aliphatic rings. The molecule has 0 bridgehead atoms. The second-order valence-corrected chi connectivity index (χ2v) is 5.37. The lowest BCUT2D eigenvalue weighted by molar-refractivity contribution is -0.133. The highest BCUT2D eigenvalue weighted by molar-refractivity contribution is 5.94. The fourth-order valence-corrected chi connectivity index (χ4v) is 2.43. The summed E-state index contributed by atoms with van der Waals surface area (Å²) < 4.78 is 1.39. The monoisotopic (exact) mass is 315 g/mol. The summed E-state index contributed by atoms with van der Waals surface area (Å²) >= 11 is 0. The van der Waals surface area contributed by atoms with Crippen molar-refractivity contribution in [3.05, 3.63) is 35.9 Å². The highest BCUT2D eigenvalue weighted by atomic mass is 16.2. The lowest BCUT2D eigenvalue weighted by Crippen LogP contribution is -2.51. The van der Waals surface area contributed by atoms with Gasteiger partial charge in [-0.05, 0) is 29.5 Å². The third kappa shape index (κ3) is 3.50. The van der Waals surface area contributed by atoms with Gasteiger partial charge in [0.25, 0.3) is 5.91 Å². The summed E-state index contributed by atoms with van der Waals surface area (Å²) in [6, 6.07) is 3.60. The normalized spacial score (nSPS) is 14.8. The molecule has 3 heterocycles. The van der Waals surface area contributed by atoms with Crippen LogP contribution in [0.15, 0.2) is 24.7 Å². The highest BCUT2D eigenvalue weighted by Crippen LogP contribution is 2.09. The van der Waals surface area contributed by atoms with E-state index in [1.54, 1.807) is 22.1 Å². The van der Waals surface area contributed by atoms with Gasteiger partial charge in [0, 0.05) is 38.1 Å². The lowest BCUT2D eigenvalue weighted by atomic mass is 10.2. The lowest BCUT2D eigenvalue weighted by Gasteiger charge is -2.34. The third-order valence-electron chi connectivity index (χ3n) is 3.77. The molecule has 0 atom stereocenters. The Kier molecular flexibility index (Phi) is 4.26. The number of nitrogens with zero attached hydrogens (tertiary/aromatic N) is 7. The van der Waals surface area contributed by atoms with Crippen molar-refractivity contribution in [3.8, 4) is 0 Å². The molecule has 9 heteroatoms. The molecule has 23 heavy (non-hydrogen) atoms. The zero-order valence-corrected chi connectivity index (χ0v) is 12.8. The maximum absolute atomic E-state index is 12.4. The van der Waals surface area contributed by atoms with Crippen molar-refractivity contribution < 1.29 is 9.59 Å². The van der Waals surface area contributed by atoms with Crippen LogP contribution in [0.4, 0.5) is 0 Å². The maximum atomic E-state index is 12.4. The summed E-state index contributed by atoms with van der Waals surface area (Å²) in [4.78, 5) is 32.2. The molecular weight excluding hydrogens is 298 g/mol. The van der Waals surface area contributed by atoms with Gasteiger partial charge in [-0.3, -0.25) is 14.6 Å². The molecule has 0 radical (unpaired) electrons. The van der Waals surface area contributed by atoms with Gasteiger partial charge < -0.3 is 9.80 Å². The molecule has 0 aromatic carbocycles. The molecule has 2 aromatic heterocycles. The van der Waals surface area contributed by atoms with Crippen molar-refractivity contribution in [1.82, 2.24) is 35.0 Å². The number of hydrogen-bond acceptors (Lipinski definition) is 6. The second-order valence-electron chi connectivity index (χ2n) is 5.37. The van der Waals surface area contributed by atoms with Gasteiger partial charge in [-0.15, -0.1) is 5.10 Å². The molecule has 0 spiro atoms. The number of pyridine rings is 1. The molecule has 2 amide bonds. The molecule has 1 aliphatic heterocycles. The van der Waals surface area contributed by atoms with Crippen molar-refractivity contribution in [2.45, 2.75) is 13.5 Å². The van der Waals surface area contributed by atoms with Crippen molar-refractivity contribution in [2.24, 2.45) is 0 Å². The van der Waals surface area contributed by atoms with Crippen LogP contribution in [0.3, 0.4) is 0 Å². The number of aryl methyl sites for hydroxylation is 1. The third-order valence-corrected chi connectivity index (χ3v) is 3.77. The van der Waals surface area contributed by atoms with Crippen LogP contribution >= 0.6 is 0 Å². The van der Waals surface area contributed by atoms with Crippen LogP contribution in [-0.4, -0.2) is 73.0 Å². The minimum atomic E-state index is -0.0543. The smallest absolute Gasteiger partial charge is 0.255 e. The van der Waals surface area contributed by atoms with E-state index in [2.05, 4.69) is 20.5 Å². The number of amides is 2. The highest BCUT2D eigenvalue weighted by Gasteiger charge is 2.25. The van der Waals surface area contributed by atoms with Crippen LogP contribution in [0.25, 0.3) is 0 Å². The largest absolute Gasteiger partial charge is 0.338 e. The first-order valence-electron chi connectivity index (χ1n) is 7.34. The minimum Gasteiger partial charge on any atom is -0.338 e. The molecule has 3 rings (SSSR count). The Morgan fingerprint density at radius 1 is 1.13 bits per heavy atom. The summed E-state index contributed by atoms with van der Waals surface area (Å²) in [5.74, 6) is -0.105. The minimum absolute atomic E-state index is 0.0509. The van der Waals surface area contributed by atoms with Gasteiger partial charge in [-0.2, -0.15) is 0 Å². The molecule has 120 valence electrons. The Bertz CT molecular complexity index is 676. The molecule has 1 saturated heterocycles. The van der Waals surface area contributed by atoms with Crippen molar-refractivity contribution in [3.63, 3.8) is 0 Å². The van der Waals surface area contributed by atoms with E-state index in [9.17, 15) is 9.59 Å². The fourth-order valence-electron chi connectivity index (χ4n) is 2.43. The SMILES string of the molecule is Cc1ccc(C(=O)N2CCN(C(=O)Cn3cnnn3)CC2)cn1. The molecular formula is C14H17N7O2. The number of tetrazole rings is 1. The van der Waals surface area contributed by atoms with E-state index in [0.29, 0.717) is 31.7 Å². The predicted molar refractivity (Wildman–Crippen MR) is 79.3 cm³/mol. The molecule has 9 nitrogen and oxygen atoms in total. The van der Waals surface area contributed by atoms with E-state index < -0.39 is 0 Å². The average Bonchev–Trinajstić information content (AvgIpc) is 3.08. The van der Waals surface area contributed by atoms with E-state index in [1.807, 2.05) is 13.0 Å². The number of hydrogen-bond donors (Lipinski definition) is 0. The molecule has 0 N–H and O–H groups in total. The van der Waals surface area contributed by atoms with Gasteiger partial charge in [0.2, 0.25) is 5.91 Å². The number of aromatic nitrogens is 5. The quantitative estimate of drug-likeness (QED) is 0.747. The van der Waals surface area contributed by atoms with Gasteiger partial charge >= 0.3 is 0 Å². The van der Waals surface area contributed by atoms with Crippen LogP contribution in [0, 0.1) is 6.92 Å². The summed E-state index contributed by atoms with van der Waals surface area (Å²) in [6.45, 7) is 4.02. The van der Waals surface area contributed by atoms with Crippen LogP contribution < -0.4 is 0 Å². The summed E-state index contributed by atoms with van der Waals surface area (Å²) in [5.41, 5.74) is 1.45. The Labute approximate surface area is 132 Å². The molecule has 2 aromatic rings. The van der Waals surface area contributed by atoms with Crippen LogP contribution in [0.1, 0.15) is 16.1 Å². The van der Waals surface area contributed by atoms with Crippen molar-refractivity contribution in [1.29, 1.82) is 0 Å². The maximum Gasteiger partial charge on any atom is 0.255 e. The van der Waals surface area contributed by atoms with Crippen LogP contribution in [0.2, 0.25) is 0 Å². The first-order valence-corrected chi connectivity index (χ1v) is 7.34. The van der Waals surface area contributed by atoms with Crippen molar-refractivity contribution in [2.75, 3.05) is 26.2 Å². The predicted octanol–water partition coefficient (Wildman–Crippen LogP) is -0.639. The summed E-state index contributed by atoms with van der Waals surface area (Å²) in [5, 5.41) is 10.7. The Morgan fingerprint density at radius 3 is 2.48 bits per heavy atom. The number of carbonyl (C=O) groups is 2. The van der Waals surface area contributed by atoms with E-state index in [0.717, 1.165) is 5.69 Å². The summed E-state index contributed by atoms with van der Waals surface area (Å²) in [7, 11) is 0. The Morgan fingerprint density at radius 2 is 1.87 bits per heavy atom. The molecule has 0 saturated carbocycles. The zero-order chi connectivity index (χ0) is 16.2. The van der Waals surface area contributed by atoms with Gasteiger partial charge in [0.15, 0.2) is 0 Å². The Balaban J connectivity index is 1.54. The second kappa shape index (κ2) is 6.51. The topological polar surface area (TPSA) is 97.1 Å². The van der Waals surface area contributed by atoms with Gasteiger partial charge in [0.1, 0.15) is 12.9 Å². The van der Waals surface area contributed by atoms with Crippen molar-refractivity contribution >= 4 is 11.8 Å². The molecule has 1 fully saturated rings. The van der Waals surface area contributed by atoms with Gasteiger partial charge in [0.05, 0.1) is 5.56 Å².